The number of aromatic amines is 1. The molecule has 10 rings (SSSR count). The number of aromatic nitrogens is 4. The van der Waals surface area contributed by atoms with Gasteiger partial charge in [0.15, 0.2) is 11.2 Å². The number of nitrogens with one attached hydrogen (secondary N) is 4. The lowest BCUT2D eigenvalue weighted by Gasteiger charge is -2.37. The molecule has 17 nitrogen and oxygen atoms in total. The maximum absolute atomic E-state index is 13.2. The molecule has 1 unspecified atom stereocenters. The molecular weight excluding hydrogens is 943 g/mol. The normalized spacial score (nSPS) is 16.0. The van der Waals surface area contributed by atoms with Crippen LogP contribution in [0.2, 0.25) is 0 Å². The zero-order valence-electron chi connectivity index (χ0n) is 40.5. The Morgan fingerprint density at radius 3 is 2.00 bits per heavy atom. The molecule has 376 valence electrons. The van der Waals surface area contributed by atoms with E-state index in [-0.39, 0.29) is 62.2 Å². The van der Waals surface area contributed by atoms with E-state index in [1.54, 1.807) is 43.1 Å². The molecule has 1 aliphatic heterocycles. The Kier molecular flexibility index (Phi) is 14.3. The fourth-order valence-electron chi connectivity index (χ4n) is 9.70. The second-order valence-electron chi connectivity index (χ2n) is 17.9. The topological polar surface area (TPSA) is 217 Å². The van der Waals surface area contributed by atoms with Crippen molar-refractivity contribution in [3.8, 4) is 22.6 Å². The lowest BCUT2D eigenvalue weighted by atomic mass is 9.80. The summed E-state index contributed by atoms with van der Waals surface area (Å²) < 4.78 is 31.6. The number of hydrogen-bond donors (Lipinski definition) is 5. The van der Waals surface area contributed by atoms with Crippen molar-refractivity contribution >= 4 is 35.0 Å². The number of hydrogen-bond acceptors (Lipinski definition) is 12. The number of rotatable bonds is 18. The lowest BCUT2D eigenvalue weighted by molar-refractivity contribution is -0.116. The van der Waals surface area contributed by atoms with Crippen molar-refractivity contribution in [3.63, 3.8) is 0 Å². The summed E-state index contributed by atoms with van der Waals surface area (Å²) in [6.45, 7) is 0.335. The van der Waals surface area contributed by atoms with E-state index >= 15 is 0 Å². The van der Waals surface area contributed by atoms with Crippen LogP contribution in [-0.4, -0.2) is 88.7 Å². The number of anilines is 1. The molecule has 0 radical (unpaired) electrons. The molecule has 1 fully saturated rings. The van der Waals surface area contributed by atoms with Crippen LogP contribution in [0.4, 0.5) is 10.7 Å². The van der Waals surface area contributed by atoms with Crippen molar-refractivity contribution in [1.82, 2.24) is 30.2 Å². The molecule has 0 bridgehead atoms. The van der Waals surface area contributed by atoms with Gasteiger partial charge in [-0.2, -0.15) is 4.98 Å². The Balaban J connectivity index is 0.732. The third kappa shape index (κ3) is 10.1. The molecule has 2 aromatic heterocycles. The minimum absolute atomic E-state index is 0.00851. The second kappa shape index (κ2) is 21.6. The summed E-state index contributed by atoms with van der Waals surface area (Å²) in [5.41, 5.74) is 6.51. The number of H-pyrrole nitrogens is 1. The number of aliphatic hydroxyl groups is 1. The van der Waals surface area contributed by atoms with Crippen LogP contribution in [0.5, 0.6) is 11.5 Å². The number of benzene rings is 6. The molecule has 1 saturated heterocycles. The van der Waals surface area contributed by atoms with Crippen molar-refractivity contribution in [2.45, 2.75) is 49.3 Å². The molecule has 74 heavy (non-hydrogen) atoms. The number of amides is 3. The largest absolute Gasteiger partial charge is 0.497 e. The van der Waals surface area contributed by atoms with Crippen LogP contribution in [0.15, 0.2) is 163 Å². The van der Waals surface area contributed by atoms with Crippen LogP contribution < -0.4 is 31.0 Å². The van der Waals surface area contributed by atoms with Gasteiger partial charge in [0.25, 0.3) is 11.5 Å². The summed E-state index contributed by atoms with van der Waals surface area (Å²) in [5.74, 6) is 0.246. The molecule has 2 aliphatic rings. The van der Waals surface area contributed by atoms with Gasteiger partial charge in [-0.3, -0.25) is 29.3 Å². The van der Waals surface area contributed by atoms with Crippen LogP contribution in [0, 0.1) is 0 Å². The van der Waals surface area contributed by atoms with E-state index in [2.05, 4.69) is 55.2 Å². The van der Waals surface area contributed by atoms with Crippen molar-refractivity contribution in [1.29, 1.82) is 0 Å². The SMILES string of the molecule is COc1ccc(C(OC[C@H]2O[C@@H](n3cnc4c(=O)[nH]c(NC(=O)CCNC(=O)c5ccc(CNC(=O)OCC6c7ccccc7-c7ccccc76)cc5)nc43)CC2O)(c2ccccc2)c2ccc(OC)cc2)cc1. The zero-order valence-corrected chi connectivity index (χ0v) is 40.5. The predicted molar refractivity (Wildman–Crippen MR) is 275 cm³/mol. The highest BCUT2D eigenvalue weighted by atomic mass is 16.6. The molecule has 6 aromatic carbocycles. The van der Waals surface area contributed by atoms with Crippen molar-refractivity contribution < 1.29 is 43.2 Å². The summed E-state index contributed by atoms with van der Waals surface area (Å²) in [6.07, 6.45) is -1.74. The summed E-state index contributed by atoms with van der Waals surface area (Å²) in [5, 5.41) is 19.6. The summed E-state index contributed by atoms with van der Waals surface area (Å²) in [7, 11) is 3.21. The van der Waals surface area contributed by atoms with E-state index in [0.29, 0.717) is 17.1 Å². The van der Waals surface area contributed by atoms with Crippen molar-refractivity contribution in [2.75, 3.05) is 39.3 Å². The van der Waals surface area contributed by atoms with Gasteiger partial charge in [-0.1, -0.05) is 115 Å². The van der Waals surface area contributed by atoms with E-state index in [4.69, 9.17) is 23.7 Å². The van der Waals surface area contributed by atoms with Crippen LogP contribution in [-0.2, 0) is 31.2 Å². The van der Waals surface area contributed by atoms with E-state index in [1.807, 2.05) is 103 Å². The van der Waals surface area contributed by atoms with Gasteiger partial charge >= 0.3 is 6.09 Å². The van der Waals surface area contributed by atoms with Gasteiger partial charge in [0.2, 0.25) is 11.9 Å². The average molecular weight is 996 g/mol. The minimum Gasteiger partial charge on any atom is -0.497 e. The Labute approximate surface area is 425 Å². The highest BCUT2D eigenvalue weighted by Crippen LogP contribution is 2.45. The first-order valence-corrected chi connectivity index (χ1v) is 24.2. The number of carbonyl (C=O) groups is 3. The maximum atomic E-state index is 13.2. The summed E-state index contributed by atoms with van der Waals surface area (Å²) in [4.78, 5) is 63.4. The smallest absolute Gasteiger partial charge is 0.407 e. The van der Waals surface area contributed by atoms with Gasteiger partial charge in [0.05, 0.1) is 33.3 Å². The minimum atomic E-state index is -1.16. The van der Waals surface area contributed by atoms with Crippen LogP contribution >= 0.6 is 0 Å². The number of alkyl carbamates (subject to hydrolysis) is 1. The Bertz CT molecular complexity index is 3250. The molecule has 3 atom stereocenters. The number of nitrogens with zero attached hydrogens (tertiary/aromatic N) is 3. The summed E-state index contributed by atoms with van der Waals surface area (Å²) in [6, 6.07) is 48.0. The quantitative estimate of drug-likeness (QED) is 0.0526. The molecule has 8 aromatic rings. The van der Waals surface area contributed by atoms with E-state index in [1.165, 1.54) is 6.33 Å². The first-order chi connectivity index (χ1) is 36.1. The molecule has 0 saturated carbocycles. The van der Waals surface area contributed by atoms with Gasteiger partial charge in [0.1, 0.15) is 36.0 Å². The number of aliphatic hydroxyl groups excluding tert-OH is 1. The van der Waals surface area contributed by atoms with Crippen LogP contribution in [0.3, 0.4) is 0 Å². The molecular formula is C57H53N7O10. The van der Waals surface area contributed by atoms with E-state index < -0.39 is 47.5 Å². The van der Waals surface area contributed by atoms with E-state index in [9.17, 15) is 24.3 Å². The number of fused-ring (bicyclic) bond motifs is 4. The number of carbonyl (C=O) groups excluding carboxylic acids is 3. The third-order valence-corrected chi connectivity index (χ3v) is 13.5. The number of methoxy groups -OCH3 is 2. The first kappa shape index (κ1) is 49.0. The lowest BCUT2D eigenvalue weighted by Crippen LogP contribution is -2.38. The first-order valence-electron chi connectivity index (χ1n) is 24.2. The predicted octanol–water partition coefficient (Wildman–Crippen LogP) is 7.59. The molecule has 17 heteroatoms. The second-order valence-corrected chi connectivity index (χ2v) is 17.9. The fourth-order valence-corrected chi connectivity index (χ4v) is 9.70. The highest BCUT2D eigenvalue weighted by molar-refractivity contribution is 5.95. The van der Waals surface area contributed by atoms with Gasteiger partial charge in [-0.05, 0) is 80.9 Å². The zero-order chi connectivity index (χ0) is 51.2. The standard InChI is InChI=1S/C57H53N7O10/c1-70-40-24-20-38(21-25-40)57(37-10-4-3-5-11-37,39-22-26-41(71-2)27-23-39)73-33-48-47(65)30-50(74-48)64-34-60-51-52(64)62-55(63-54(51)68)61-49(66)28-29-58-53(67)36-18-16-35(17-19-36)31-59-56(69)72-32-46-44-14-8-6-12-42(44)43-13-7-9-15-45(43)46/h3-27,34,46-48,50,65H,28-33H2,1-2H3,(H,58,67)(H,59,69)(H2,61,62,63,66,68)/t47?,48-,50-/m1/s1. The van der Waals surface area contributed by atoms with Gasteiger partial charge in [-0.25, -0.2) is 9.78 Å². The third-order valence-electron chi connectivity index (χ3n) is 13.5. The fraction of sp³-hybridized carbons (Fsp3) is 0.228. The molecule has 3 amide bonds. The molecule has 0 spiro atoms. The molecule has 5 N–H and O–H groups in total. The van der Waals surface area contributed by atoms with Gasteiger partial charge in [-0.15, -0.1) is 0 Å². The van der Waals surface area contributed by atoms with Crippen LogP contribution in [0.25, 0.3) is 22.3 Å². The van der Waals surface area contributed by atoms with Crippen molar-refractivity contribution in [2.24, 2.45) is 0 Å². The monoisotopic (exact) mass is 995 g/mol. The Morgan fingerprint density at radius 1 is 0.757 bits per heavy atom. The van der Waals surface area contributed by atoms with E-state index in [0.717, 1.165) is 44.5 Å². The van der Waals surface area contributed by atoms with Crippen molar-refractivity contribution in [3.05, 3.63) is 207 Å². The van der Waals surface area contributed by atoms with Crippen LogP contribution in [0.1, 0.15) is 68.7 Å². The number of ether oxygens (including phenoxy) is 5. The molecule has 3 heterocycles. The Morgan fingerprint density at radius 2 is 1.36 bits per heavy atom. The maximum Gasteiger partial charge on any atom is 0.407 e. The number of imidazole rings is 1. The molecule has 1 aliphatic carbocycles. The average Bonchev–Trinajstić information content (AvgIpc) is 4.14. The van der Waals surface area contributed by atoms with Gasteiger partial charge in [0, 0.05) is 37.4 Å². The Hall–Kier alpha value is -8.64. The summed E-state index contributed by atoms with van der Waals surface area (Å²) >= 11 is 0. The highest BCUT2D eigenvalue weighted by Gasteiger charge is 2.42. The van der Waals surface area contributed by atoms with Gasteiger partial charge < -0.3 is 39.4 Å².